The van der Waals surface area contributed by atoms with Crippen LogP contribution in [0.3, 0.4) is 0 Å². The van der Waals surface area contributed by atoms with Gasteiger partial charge < -0.3 is 4.90 Å². The Morgan fingerprint density at radius 1 is 1.17 bits per heavy atom. The summed E-state index contributed by atoms with van der Waals surface area (Å²) in [6.45, 7) is 5.28. The fraction of sp³-hybridized carbons (Fsp3) is 0.722. The number of carbonyl (C=O) groups excluding carboxylic acids is 1. The molecule has 0 bridgehead atoms. The van der Waals surface area contributed by atoms with Gasteiger partial charge in [-0.25, -0.2) is 9.97 Å². The topological polar surface area (TPSA) is 49.3 Å². The Morgan fingerprint density at radius 2 is 1.92 bits per heavy atom. The third-order valence-electron chi connectivity index (χ3n) is 4.87. The highest BCUT2D eigenvalue weighted by molar-refractivity contribution is 7.99. The lowest BCUT2D eigenvalue weighted by atomic mass is 9.93. The van der Waals surface area contributed by atoms with E-state index in [2.05, 4.69) is 26.7 Å². The van der Waals surface area contributed by atoms with E-state index in [4.69, 9.17) is 0 Å². The van der Waals surface area contributed by atoms with Crippen molar-refractivity contribution in [3.8, 4) is 0 Å². The van der Waals surface area contributed by atoms with Crippen molar-refractivity contribution in [2.45, 2.75) is 63.2 Å². The minimum absolute atomic E-state index is 0.296. The Morgan fingerprint density at radius 3 is 2.58 bits per heavy atom. The highest BCUT2D eigenvalue weighted by atomic mass is 32.2. The second-order valence-corrected chi connectivity index (χ2v) is 7.87. The maximum Gasteiger partial charge on any atom is 0.237 e. The number of nitrogens with zero attached hydrogens (tertiary/aromatic N) is 4. The van der Waals surface area contributed by atoms with Gasteiger partial charge in [0.2, 0.25) is 5.91 Å². The van der Waals surface area contributed by atoms with E-state index in [1.54, 1.807) is 11.8 Å². The summed E-state index contributed by atoms with van der Waals surface area (Å²) in [6.07, 6.45) is 11.2. The van der Waals surface area contributed by atoms with Crippen molar-refractivity contribution >= 4 is 17.7 Å². The van der Waals surface area contributed by atoms with Gasteiger partial charge in [-0.2, -0.15) is 0 Å². The molecule has 1 amide bonds. The van der Waals surface area contributed by atoms with Crippen molar-refractivity contribution in [3.63, 3.8) is 0 Å². The zero-order valence-electron chi connectivity index (χ0n) is 14.6. The first-order chi connectivity index (χ1) is 11.8. The molecule has 2 fully saturated rings. The summed E-state index contributed by atoms with van der Waals surface area (Å²) in [5, 5.41) is 0.846. The third kappa shape index (κ3) is 4.70. The molecule has 1 aromatic rings. The Balaban J connectivity index is 1.49. The van der Waals surface area contributed by atoms with Crippen LogP contribution in [0.1, 0.15) is 51.0 Å². The summed E-state index contributed by atoms with van der Waals surface area (Å²) < 4.78 is 0. The number of hydrogen-bond acceptors (Lipinski definition) is 5. The first-order valence-corrected chi connectivity index (χ1v) is 10.2. The molecule has 0 spiro atoms. The zero-order valence-corrected chi connectivity index (χ0v) is 15.4. The summed E-state index contributed by atoms with van der Waals surface area (Å²) in [4.78, 5) is 25.7. The van der Waals surface area contributed by atoms with E-state index in [0.29, 0.717) is 18.5 Å². The molecule has 1 aliphatic carbocycles. The summed E-state index contributed by atoms with van der Waals surface area (Å²) in [7, 11) is 0. The molecule has 2 aliphatic rings. The van der Waals surface area contributed by atoms with Crippen LogP contribution in [-0.4, -0.2) is 57.1 Å². The molecule has 0 atom stereocenters. The van der Waals surface area contributed by atoms with E-state index in [0.717, 1.165) is 42.5 Å². The molecule has 24 heavy (non-hydrogen) atoms. The molecule has 5 nitrogen and oxygen atoms in total. The molecule has 1 aromatic heterocycles. The van der Waals surface area contributed by atoms with Gasteiger partial charge in [0.15, 0.2) is 5.16 Å². The lowest BCUT2D eigenvalue weighted by molar-refractivity contribution is -0.139. The minimum Gasteiger partial charge on any atom is -0.337 e. The van der Waals surface area contributed by atoms with Crippen LogP contribution in [0.25, 0.3) is 0 Å². The normalized spacial score (nSPS) is 20.5. The van der Waals surface area contributed by atoms with Crippen LogP contribution in [0, 0.1) is 0 Å². The Kier molecular flexibility index (Phi) is 6.49. The summed E-state index contributed by atoms with van der Waals surface area (Å²) in [6, 6.07) is 0.492. The monoisotopic (exact) mass is 348 g/mol. The Labute approximate surface area is 149 Å². The second-order valence-electron chi connectivity index (χ2n) is 6.81. The molecule has 0 aromatic carbocycles. The van der Waals surface area contributed by atoms with Crippen LogP contribution in [0.2, 0.25) is 0 Å². The van der Waals surface area contributed by atoms with Gasteiger partial charge in [-0.1, -0.05) is 37.9 Å². The van der Waals surface area contributed by atoms with Crippen molar-refractivity contribution in [2.24, 2.45) is 0 Å². The number of piperazine rings is 1. The van der Waals surface area contributed by atoms with E-state index in [9.17, 15) is 4.79 Å². The molecular formula is C18H28N4OS. The zero-order chi connectivity index (χ0) is 16.8. The first kappa shape index (κ1) is 17.7. The highest BCUT2D eigenvalue weighted by Crippen LogP contribution is 2.24. The van der Waals surface area contributed by atoms with Crippen LogP contribution >= 0.6 is 11.8 Å². The van der Waals surface area contributed by atoms with Gasteiger partial charge >= 0.3 is 0 Å². The van der Waals surface area contributed by atoms with E-state index < -0.39 is 0 Å². The van der Waals surface area contributed by atoms with Gasteiger partial charge in [-0.05, 0) is 19.3 Å². The summed E-state index contributed by atoms with van der Waals surface area (Å²) in [5.41, 5.74) is 1.09. The number of hydrogen-bond donors (Lipinski definition) is 0. The molecule has 6 heteroatoms. The molecule has 1 saturated carbocycles. The summed E-state index contributed by atoms with van der Waals surface area (Å²) >= 11 is 1.70. The lowest BCUT2D eigenvalue weighted by Gasteiger charge is -2.40. The van der Waals surface area contributed by atoms with Crippen molar-refractivity contribution in [2.75, 3.05) is 25.4 Å². The number of rotatable bonds is 6. The first-order valence-electron chi connectivity index (χ1n) is 9.22. The second kappa shape index (κ2) is 8.81. The van der Waals surface area contributed by atoms with Crippen molar-refractivity contribution in [1.29, 1.82) is 0 Å². The number of amides is 1. The fourth-order valence-electron chi connectivity index (χ4n) is 3.60. The van der Waals surface area contributed by atoms with E-state index in [1.165, 1.54) is 32.1 Å². The van der Waals surface area contributed by atoms with Crippen LogP contribution in [-0.2, 0) is 11.3 Å². The van der Waals surface area contributed by atoms with Crippen LogP contribution in [0.5, 0.6) is 0 Å². The van der Waals surface area contributed by atoms with Gasteiger partial charge in [-0.3, -0.25) is 9.69 Å². The van der Waals surface area contributed by atoms with E-state index in [1.807, 2.05) is 12.4 Å². The molecule has 1 aliphatic heterocycles. The van der Waals surface area contributed by atoms with Crippen molar-refractivity contribution in [1.82, 2.24) is 19.8 Å². The molecular weight excluding hydrogens is 320 g/mol. The molecule has 2 heterocycles. The highest BCUT2D eigenvalue weighted by Gasteiger charge is 2.30. The van der Waals surface area contributed by atoms with Crippen LogP contribution in [0.4, 0.5) is 0 Å². The standard InChI is InChI=1S/C18H28N4OS/c1-2-10-24-18-19-11-15(12-20-18)13-21-8-9-22(17(23)14-21)16-6-4-3-5-7-16/h11-12,16H,2-10,13-14H2,1H3. The maximum atomic E-state index is 12.5. The fourth-order valence-corrected chi connectivity index (χ4v) is 4.24. The van der Waals surface area contributed by atoms with Gasteiger partial charge in [-0.15, -0.1) is 0 Å². The van der Waals surface area contributed by atoms with E-state index >= 15 is 0 Å². The molecule has 0 unspecified atom stereocenters. The van der Waals surface area contributed by atoms with Gasteiger partial charge in [0.05, 0.1) is 6.54 Å². The number of thioether (sulfide) groups is 1. The average Bonchev–Trinajstić information content (AvgIpc) is 2.62. The quantitative estimate of drug-likeness (QED) is 0.584. The molecule has 3 rings (SSSR count). The molecule has 0 radical (unpaired) electrons. The number of aromatic nitrogens is 2. The average molecular weight is 349 g/mol. The molecule has 1 saturated heterocycles. The SMILES string of the molecule is CCCSc1ncc(CN2CCN(C3CCCCC3)C(=O)C2)cn1. The van der Waals surface area contributed by atoms with Crippen molar-refractivity contribution in [3.05, 3.63) is 18.0 Å². The Hall–Kier alpha value is -1.14. The van der Waals surface area contributed by atoms with Gasteiger partial charge in [0.1, 0.15) is 0 Å². The van der Waals surface area contributed by atoms with Crippen LogP contribution in [0.15, 0.2) is 17.6 Å². The van der Waals surface area contributed by atoms with Gasteiger partial charge in [0, 0.05) is 49.4 Å². The summed E-state index contributed by atoms with van der Waals surface area (Å²) in [5.74, 6) is 1.35. The lowest BCUT2D eigenvalue weighted by Crippen LogP contribution is -2.54. The maximum absolute atomic E-state index is 12.5. The van der Waals surface area contributed by atoms with Crippen molar-refractivity contribution < 1.29 is 4.79 Å². The third-order valence-corrected chi connectivity index (χ3v) is 5.96. The largest absolute Gasteiger partial charge is 0.337 e. The Bertz CT molecular complexity index is 530. The number of carbonyl (C=O) groups is 1. The predicted octanol–water partition coefficient (Wildman–Crippen LogP) is 2.96. The smallest absolute Gasteiger partial charge is 0.237 e. The minimum atomic E-state index is 0.296. The molecule has 132 valence electrons. The van der Waals surface area contributed by atoms with Crippen LogP contribution < -0.4 is 0 Å². The van der Waals surface area contributed by atoms with Gasteiger partial charge in [0.25, 0.3) is 0 Å². The van der Waals surface area contributed by atoms with E-state index in [-0.39, 0.29) is 0 Å². The molecule has 0 N–H and O–H groups in total. The predicted molar refractivity (Wildman–Crippen MR) is 96.9 cm³/mol.